The number of aromatic amines is 1. The number of Topliss-reactive ketones (excluding diaryl/α,β-unsaturated/α-hetero) is 1. The van der Waals surface area contributed by atoms with Crippen LogP contribution in [0.4, 0.5) is 0 Å². The Labute approximate surface area is 245 Å². The number of carbonyl (C=O) groups is 1. The van der Waals surface area contributed by atoms with Gasteiger partial charge in [-0.15, -0.1) is 0 Å². The number of para-hydroxylation sites is 2. The third-order valence-electron chi connectivity index (χ3n) is 8.12. The van der Waals surface area contributed by atoms with E-state index in [0.29, 0.717) is 30.3 Å². The van der Waals surface area contributed by atoms with Crippen molar-refractivity contribution in [2.75, 3.05) is 13.1 Å². The van der Waals surface area contributed by atoms with Crippen LogP contribution in [-0.4, -0.2) is 39.4 Å². The summed E-state index contributed by atoms with van der Waals surface area (Å²) >= 11 is 0. The number of imidazole rings is 1. The van der Waals surface area contributed by atoms with Crippen molar-refractivity contribution in [3.63, 3.8) is 0 Å². The summed E-state index contributed by atoms with van der Waals surface area (Å²) in [6.07, 6.45) is 1.61. The first kappa shape index (κ1) is 27.5. The molecule has 0 aliphatic carbocycles. The van der Waals surface area contributed by atoms with Gasteiger partial charge in [-0.25, -0.2) is 4.79 Å². The van der Waals surface area contributed by atoms with Gasteiger partial charge in [0.1, 0.15) is 13.2 Å². The van der Waals surface area contributed by atoms with Gasteiger partial charge in [-0.1, -0.05) is 72.8 Å². The number of aromatic nitrogens is 2. The number of benzene rings is 4. The van der Waals surface area contributed by atoms with Crippen LogP contribution in [0.3, 0.4) is 0 Å². The Morgan fingerprint density at radius 3 is 2.07 bits per heavy atom. The first-order valence-corrected chi connectivity index (χ1v) is 14.5. The molecule has 1 aliphatic heterocycles. The number of ketones is 1. The Balaban J connectivity index is 1.15. The maximum atomic E-state index is 13.7. The molecule has 7 nitrogen and oxygen atoms in total. The van der Waals surface area contributed by atoms with Gasteiger partial charge in [0.15, 0.2) is 17.3 Å². The highest BCUT2D eigenvalue weighted by atomic mass is 16.5. The molecule has 1 atom stereocenters. The van der Waals surface area contributed by atoms with E-state index in [-0.39, 0.29) is 23.6 Å². The maximum Gasteiger partial charge on any atom is 0.326 e. The first-order valence-electron chi connectivity index (χ1n) is 14.5. The molecule has 1 saturated heterocycles. The van der Waals surface area contributed by atoms with E-state index in [1.54, 1.807) is 6.07 Å². The molecule has 2 heterocycles. The van der Waals surface area contributed by atoms with Crippen LogP contribution in [0.2, 0.25) is 0 Å². The third kappa shape index (κ3) is 6.02. The van der Waals surface area contributed by atoms with E-state index in [1.807, 2.05) is 109 Å². The Hall–Kier alpha value is -4.62. The molecular formula is C35H35N3O4. The van der Waals surface area contributed by atoms with Gasteiger partial charge in [-0.2, -0.15) is 0 Å². The smallest absolute Gasteiger partial charge is 0.326 e. The molecule has 42 heavy (non-hydrogen) atoms. The second-order valence-electron chi connectivity index (χ2n) is 10.8. The zero-order valence-corrected chi connectivity index (χ0v) is 23.7. The number of hydrogen-bond acceptors (Lipinski definition) is 5. The van der Waals surface area contributed by atoms with Gasteiger partial charge < -0.3 is 14.5 Å². The molecule has 214 valence electrons. The molecule has 1 N–H and O–H groups in total. The predicted molar refractivity (Wildman–Crippen MR) is 164 cm³/mol. The second kappa shape index (κ2) is 12.5. The second-order valence-corrected chi connectivity index (χ2v) is 10.8. The van der Waals surface area contributed by atoms with E-state index in [0.717, 1.165) is 48.1 Å². The van der Waals surface area contributed by atoms with Gasteiger partial charge in [-0.3, -0.25) is 14.3 Å². The minimum atomic E-state index is -0.302. The summed E-state index contributed by atoms with van der Waals surface area (Å²) in [5.41, 5.74) is 4.40. The van der Waals surface area contributed by atoms with E-state index in [9.17, 15) is 9.59 Å². The molecule has 1 fully saturated rings. The van der Waals surface area contributed by atoms with E-state index in [4.69, 9.17) is 9.47 Å². The zero-order chi connectivity index (χ0) is 28.9. The van der Waals surface area contributed by atoms with Gasteiger partial charge in [0.25, 0.3) is 0 Å². The molecule has 7 heteroatoms. The molecule has 4 aromatic carbocycles. The van der Waals surface area contributed by atoms with Gasteiger partial charge in [-0.05, 0) is 61.2 Å². The van der Waals surface area contributed by atoms with Crippen molar-refractivity contribution >= 4 is 16.8 Å². The normalized spacial score (nSPS) is 15.0. The fraction of sp³-hybridized carbons (Fsp3) is 0.257. The fourth-order valence-electron chi connectivity index (χ4n) is 5.74. The molecule has 0 saturated carbocycles. The number of ether oxygens (including phenoxy) is 2. The number of carbonyl (C=O) groups excluding carboxylic acids is 1. The van der Waals surface area contributed by atoms with Crippen LogP contribution < -0.4 is 15.2 Å². The fourth-order valence-corrected chi connectivity index (χ4v) is 5.74. The van der Waals surface area contributed by atoms with Crippen molar-refractivity contribution in [3.05, 3.63) is 130 Å². The third-order valence-corrected chi connectivity index (χ3v) is 8.12. The number of nitrogens with zero attached hydrogens (tertiary/aromatic N) is 2. The van der Waals surface area contributed by atoms with Crippen LogP contribution in [0, 0.1) is 0 Å². The van der Waals surface area contributed by atoms with Crippen molar-refractivity contribution in [2.24, 2.45) is 0 Å². The lowest BCUT2D eigenvalue weighted by molar-refractivity contribution is 0.0775. The summed E-state index contributed by atoms with van der Waals surface area (Å²) in [6, 6.07) is 33.0. The number of H-pyrrole nitrogens is 1. The molecular weight excluding hydrogens is 526 g/mol. The Morgan fingerprint density at radius 2 is 1.40 bits per heavy atom. The molecule has 0 amide bonds. The molecule has 6 rings (SSSR count). The Kier molecular flexibility index (Phi) is 8.19. The van der Waals surface area contributed by atoms with Gasteiger partial charge in [0.2, 0.25) is 0 Å². The maximum absolute atomic E-state index is 13.7. The zero-order valence-electron chi connectivity index (χ0n) is 23.7. The lowest BCUT2D eigenvalue weighted by Gasteiger charge is -2.35. The summed E-state index contributed by atoms with van der Waals surface area (Å²) in [5.74, 6) is 1.19. The van der Waals surface area contributed by atoms with Crippen molar-refractivity contribution in [2.45, 2.75) is 45.1 Å². The number of piperidine rings is 1. The molecule has 0 bridgehead atoms. The van der Waals surface area contributed by atoms with Crippen molar-refractivity contribution in [1.82, 2.24) is 14.5 Å². The van der Waals surface area contributed by atoms with E-state index in [2.05, 4.69) is 9.88 Å². The van der Waals surface area contributed by atoms with Gasteiger partial charge in [0, 0.05) is 24.7 Å². The average molecular weight is 562 g/mol. The number of rotatable bonds is 10. The van der Waals surface area contributed by atoms with Crippen molar-refractivity contribution < 1.29 is 14.3 Å². The lowest BCUT2D eigenvalue weighted by atomic mass is 9.98. The Bertz CT molecular complexity index is 1700. The summed E-state index contributed by atoms with van der Waals surface area (Å²) in [5, 5.41) is 0. The number of nitrogens with one attached hydrogen (secondary N) is 1. The molecule has 1 unspecified atom stereocenters. The lowest BCUT2D eigenvalue weighted by Crippen LogP contribution is -2.45. The van der Waals surface area contributed by atoms with Crippen LogP contribution in [0.25, 0.3) is 11.0 Å². The minimum absolute atomic E-state index is 0.0388. The van der Waals surface area contributed by atoms with Crippen LogP contribution in [0.5, 0.6) is 11.5 Å². The molecule has 0 spiro atoms. The summed E-state index contributed by atoms with van der Waals surface area (Å²) < 4.78 is 14.2. The number of hydrogen-bond donors (Lipinski definition) is 1. The predicted octanol–water partition coefficient (Wildman–Crippen LogP) is 6.40. The molecule has 1 aromatic heterocycles. The molecule has 1 aliphatic rings. The van der Waals surface area contributed by atoms with Gasteiger partial charge in [0.05, 0.1) is 17.1 Å². The number of likely N-dealkylation sites (tertiary alicyclic amines) is 1. The van der Waals surface area contributed by atoms with Crippen molar-refractivity contribution in [1.29, 1.82) is 0 Å². The minimum Gasteiger partial charge on any atom is -0.485 e. The summed E-state index contributed by atoms with van der Waals surface area (Å²) in [4.78, 5) is 31.6. The average Bonchev–Trinajstić information content (AvgIpc) is 3.39. The van der Waals surface area contributed by atoms with Crippen LogP contribution in [0.15, 0.2) is 108 Å². The topological polar surface area (TPSA) is 76.6 Å². The quantitative estimate of drug-likeness (QED) is 0.200. The standard InChI is InChI=1S/C35H35N3O4/c1-25(37-20-18-29(19-21-37)38-31-15-9-8-14-30(31)36-35(38)40)34(39)28-16-17-32(41-23-26-10-4-2-5-11-26)33(22-28)42-24-27-12-6-3-7-13-27/h2-17,22,25,29H,18-21,23-24H2,1H3,(H,36,40). The Morgan fingerprint density at radius 1 is 0.810 bits per heavy atom. The van der Waals surface area contributed by atoms with Crippen LogP contribution >= 0.6 is 0 Å². The van der Waals surface area contributed by atoms with Crippen LogP contribution in [0.1, 0.15) is 47.3 Å². The van der Waals surface area contributed by atoms with E-state index < -0.39 is 0 Å². The highest BCUT2D eigenvalue weighted by Crippen LogP contribution is 2.32. The molecule has 5 aromatic rings. The first-order chi connectivity index (χ1) is 20.6. The monoisotopic (exact) mass is 561 g/mol. The summed E-state index contributed by atoms with van der Waals surface area (Å²) in [6.45, 7) is 4.21. The van der Waals surface area contributed by atoms with E-state index in [1.165, 1.54) is 0 Å². The SMILES string of the molecule is CC(C(=O)c1ccc(OCc2ccccc2)c(OCc2ccccc2)c1)N1CCC(n2c(=O)[nH]c3ccccc32)CC1. The van der Waals surface area contributed by atoms with Gasteiger partial charge >= 0.3 is 5.69 Å². The number of fused-ring (bicyclic) bond motifs is 1. The largest absolute Gasteiger partial charge is 0.485 e. The molecule has 0 radical (unpaired) electrons. The van der Waals surface area contributed by atoms with Crippen LogP contribution in [-0.2, 0) is 13.2 Å². The summed E-state index contributed by atoms with van der Waals surface area (Å²) in [7, 11) is 0. The van der Waals surface area contributed by atoms with Crippen molar-refractivity contribution in [3.8, 4) is 11.5 Å². The highest BCUT2D eigenvalue weighted by molar-refractivity contribution is 6.00. The van der Waals surface area contributed by atoms with E-state index >= 15 is 0 Å². The highest BCUT2D eigenvalue weighted by Gasteiger charge is 2.29.